The second kappa shape index (κ2) is 4.42. The SMILES string of the molecule is CC(C1CC1)N(C)c1ncccc1[C@H](C)O. The van der Waals surface area contributed by atoms with Gasteiger partial charge in [0.15, 0.2) is 0 Å². The van der Waals surface area contributed by atoms with Gasteiger partial charge in [-0.2, -0.15) is 0 Å². The molecule has 1 aromatic heterocycles. The van der Waals surface area contributed by atoms with E-state index in [4.69, 9.17) is 0 Å². The van der Waals surface area contributed by atoms with Crippen LogP contribution in [-0.2, 0) is 0 Å². The van der Waals surface area contributed by atoms with Gasteiger partial charge in [-0.3, -0.25) is 0 Å². The first-order valence-electron chi connectivity index (χ1n) is 5.97. The van der Waals surface area contributed by atoms with Gasteiger partial charge in [0, 0.05) is 24.8 Å². The summed E-state index contributed by atoms with van der Waals surface area (Å²) in [6, 6.07) is 4.33. The highest BCUT2D eigenvalue weighted by atomic mass is 16.3. The van der Waals surface area contributed by atoms with E-state index in [1.807, 2.05) is 12.1 Å². The van der Waals surface area contributed by atoms with E-state index in [0.717, 1.165) is 17.3 Å². The fourth-order valence-electron chi connectivity index (χ4n) is 2.12. The smallest absolute Gasteiger partial charge is 0.134 e. The summed E-state index contributed by atoms with van der Waals surface area (Å²) >= 11 is 0. The van der Waals surface area contributed by atoms with Crippen molar-refractivity contribution in [1.29, 1.82) is 0 Å². The summed E-state index contributed by atoms with van der Waals surface area (Å²) in [5, 5.41) is 9.72. The maximum Gasteiger partial charge on any atom is 0.134 e. The van der Waals surface area contributed by atoms with Gasteiger partial charge in [-0.05, 0) is 38.7 Å². The molecule has 2 rings (SSSR count). The third-order valence-corrected chi connectivity index (χ3v) is 3.52. The lowest BCUT2D eigenvalue weighted by Gasteiger charge is -2.28. The Morgan fingerprint density at radius 3 is 2.69 bits per heavy atom. The van der Waals surface area contributed by atoms with Crippen molar-refractivity contribution >= 4 is 5.82 Å². The Kier molecular flexibility index (Phi) is 3.15. The highest BCUT2D eigenvalue weighted by Gasteiger charge is 2.31. The zero-order valence-corrected chi connectivity index (χ0v) is 10.2. The predicted molar refractivity (Wildman–Crippen MR) is 65.5 cm³/mol. The average molecular weight is 220 g/mol. The van der Waals surface area contributed by atoms with Gasteiger partial charge in [-0.1, -0.05) is 6.07 Å². The molecule has 0 aliphatic heterocycles. The van der Waals surface area contributed by atoms with Crippen LogP contribution in [0.3, 0.4) is 0 Å². The molecule has 0 saturated heterocycles. The van der Waals surface area contributed by atoms with E-state index >= 15 is 0 Å². The molecular weight excluding hydrogens is 200 g/mol. The molecule has 1 unspecified atom stereocenters. The van der Waals surface area contributed by atoms with E-state index in [2.05, 4.69) is 23.9 Å². The van der Waals surface area contributed by atoms with Crippen LogP contribution in [0.1, 0.15) is 38.4 Å². The molecule has 1 saturated carbocycles. The fourth-order valence-corrected chi connectivity index (χ4v) is 2.12. The summed E-state index contributed by atoms with van der Waals surface area (Å²) in [7, 11) is 2.07. The topological polar surface area (TPSA) is 36.4 Å². The van der Waals surface area contributed by atoms with Crippen LogP contribution in [0, 0.1) is 5.92 Å². The van der Waals surface area contributed by atoms with Crippen LogP contribution >= 0.6 is 0 Å². The lowest BCUT2D eigenvalue weighted by molar-refractivity contribution is 0.199. The summed E-state index contributed by atoms with van der Waals surface area (Å²) in [4.78, 5) is 6.59. The van der Waals surface area contributed by atoms with Gasteiger partial charge in [0.2, 0.25) is 0 Å². The third kappa shape index (κ3) is 2.19. The van der Waals surface area contributed by atoms with E-state index in [0.29, 0.717) is 6.04 Å². The highest BCUT2D eigenvalue weighted by molar-refractivity contribution is 5.48. The number of aliphatic hydroxyl groups excluding tert-OH is 1. The number of anilines is 1. The summed E-state index contributed by atoms with van der Waals surface area (Å²) < 4.78 is 0. The second-order valence-electron chi connectivity index (χ2n) is 4.78. The maximum absolute atomic E-state index is 9.72. The van der Waals surface area contributed by atoms with Crippen molar-refractivity contribution in [2.24, 2.45) is 5.92 Å². The molecular formula is C13H20N2O. The van der Waals surface area contributed by atoms with Crippen molar-refractivity contribution in [3.63, 3.8) is 0 Å². The number of aliphatic hydroxyl groups is 1. The zero-order valence-electron chi connectivity index (χ0n) is 10.2. The molecule has 1 heterocycles. The van der Waals surface area contributed by atoms with Crippen LogP contribution in [0.15, 0.2) is 18.3 Å². The second-order valence-corrected chi connectivity index (χ2v) is 4.78. The molecule has 0 amide bonds. The minimum Gasteiger partial charge on any atom is -0.389 e. The van der Waals surface area contributed by atoms with Gasteiger partial charge >= 0.3 is 0 Å². The van der Waals surface area contributed by atoms with Gasteiger partial charge in [0.25, 0.3) is 0 Å². The molecule has 1 fully saturated rings. The summed E-state index contributed by atoms with van der Waals surface area (Å²) in [6.07, 6.45) is 3.97. The average Bonchev–Trinajstić information content (AvgIpc) is 3.11. The summed E-state index contributed by atoms with van der Waals surface area (Å²) in [5.41, 5.74) is 0.914. The van der Waals surface area contributed by atoms with Crippen molar-refractivity contribution in [3.8, 4) is 0 Å². The normalized spacial score (nSPS) is 19.2. The number of hydrogen-bond donors (Lipinski definition) is 1. The predicted octanol–water partition coefficient (Wildman–Crippen LogP) is 2.37. The van der Waals surface area contributed by atoms with Gasteiger partial charge in [-0.15, -0.1) is 0 Å². The van der Waals surface area contributed by atoms with Crippen LogP contribution in [0.5, 0.6) is 0 Å². The Labute approximate surface area is 97.1 Å². The van der Waals surface area contributed by atoms with E-state index in [1.165, 1.54) is 12.8 Å². The highest BCUT2D eigenvalue weighted by Crippen LogP contribution is 2.37. The van der Waals surface area contributed by atoms with Crippen LogP contribution < -0.4 is 4.90 Å². The van der Waals surface area contributed by atoms with Crippen molar-refractivity contribution in [1.82, 2.24) is 4.98 Å². The molecule has 1 N–H and O–H groups in total. The van der Waals surface area contributed by atoms with Crippen molar-refractivity contribution in [3.05, 3.63) is 23.9 Å². The van der Waals surface area contributed by atoms with Crippen molar-refractivity contribution in [2.75, 3.05) is 11.9 Å². The van der Waals surface area contributed by atoms with Gasteiger partial charge in [0.1, 0.15) is 5.82 Å². The largest absolute Gasteiger partial charge is 0.389 e. The first-order chi connectivity index (χ1) is 7.61. The quantitative estimate of drug-likeness (QED) is 0.846. The molecule has 0 radical (unpaired) electrons. The first-order valence-corrected chi connectivity index (χ1v) is 5.97. The fraction of sp³-hybridized carbons (Fsp3) is 0.615. The molecule has 16 heavy (non-hydrogen) atoms. The van der Waals surface area contributed by atoms with Crippen molar-refractivity contribution < 1.29 is 5.11 Å². The number of aromatic nitrogens is 1. The third-order valence-electron chi connectivity index (χ3n) is 3.52. The van der Waals surface area contributed by atoms with E-state index in [9.17, 15) is 5.11 Å². The molecule has 2 atom stereocenters. The molecule has 0 bridgehead atoms. The minimum absolute atomic E-state index is 0.461. The van der Waals surface area contributed by atoms with Gasteiger partial charge < -0.3 is 10.0 Å². The Balaban J connectivity index is 2.24. The first kappa shape index (κ1) is 11.4. The van der Waals surface area contributed by atoms with E-state index < -0.39 is 6.10 Å². The van der Waals surface area contributed by atoms with Crippen LogP contribution in [-0.4, -0.2) is 23.2 Å². The number of nitrogens with zero attached hydrogens (tertiary/aromatic N) is 2. The molecule has 88 valence electrons. The van der Waals surface area contributed by atoms with Gasteiger partial charge in [0.05, 0.1) is 6.10 Å². The lowest BCUT2D eigenvalue weighted by Crippen LogP contribution is -2.32. The van der Waals surface area contributed by atoms with Crippen LogP contribution in [0.4, 0.5) is 5.82 Å². The standard InChI is InChI=1S/C13H20N2O/c1-9(11-6-7-11)15(3)13-12(10(2)16)5-4-8-14-13/h4-5,8-11,16H,6-7H2,1-3H3/t9?,10-/m0/s1. The number of hydrogen-bond acceptors (Lipinski definition) is 3. The van der Waals surface area contributed by atoms with Crippen LogP contribution in [0.25, 0.3) is 0 Å². The summed E-state index contributed by atoms with van der Waals surface area (Å²) in [5.74, 6) is 1.71. The van der Waals surface area contributed by atoms with Gasteiger partial charge in [-0.25, -0.2) is 4.98 Å². The van der Waals surface area contributed by atoms with E-state index in [1.54, 1.807) is 13.1 Å². The Morgan fingerprint density at radius 2 is 2.12 bits per heavy atom. The molecule has 0 spiro atoms. The Hall–Kier alpha value is -1.09. The van der Waals surface area contributed by atoms with Crippen LogP contribution in [0.2, 0.25) is 0 Å². The summed E-state index contributed by atoms with van der Waals surface area (Å²) in [6.45, 7) is 4.02. The minimum atomic E-state index is -0.461. The molecule has 1 aliphatic carbocycles. The molecule has 3 heteroatoms. The Morgan fingerprint density at radius 1 is 1.44 bits per heavy atom. The van der Waals surface area contributed by atoms with Crippen molar-refractivity contribution in [2.45, 2.75) is 38.8 Å². The molecule has 0 aromatic carbocycles. The number of pyridine rings is 1. The Bertz CT molecular complexity index is 361. The van der Waals surface area contributed by atoms with E-state index in [-0.39, 0.29) is 0 Å². The monoisotopic (exact) mass is 220 g/mol. The molecule has 1 aliphatic rings. The zero-order chi connectivity index (χ0) is 11.7. The lowest BCUT2D eigenvalue weighted by atomic mass is 10.1. The number of rotatable bonds is 4. The molecule has 1 aromatic rings. The molecule has 3 nitrogen and oxygen atoms in total. The maximum atomic E-state index is 9.72.